The molecule has 0 atom stereocenters. The molecule has 3 aromatic rings. The number of hydrazone groups is 1. The standard InChI is InChI=1S/C25H25BrN2O4/c1-3-31-24-14-20(8-13-23(24)32-17-19-4-9-21(26)10-5-19)16-27-28-25(29)15-18-6-11-22(30-2)12-7-18/h4-14,16H,3,15,17H2,1-2H3,(H,28,29)/b27-16-. The summed E-state index contributed by atoms with van der Waals surface area (Å²) in [6.45, 7) is 2.86. The zero-order valence-electron chi connectivity index (χ0n) is 18.0. The number of hydrogen-bond acceptors (Lipinski definition) is 5. The van der Waals surface area contributed by atoms with Gasteiger partial charge in [0.05, 0.1) is 26.4 Å². The summed E-state index contributed by atoms with van der Waals surface area (Å²) in [5.41, 5.74) is 5.27. The molecule has 0 unspecified atom stereocenters. The Bertz CT molecular complexity index is 1050. The van der Waals surface area contributed by atoms with E-state index in [2.05, 4.69) is 26.5 Å². The average molecular weight is 497 g/mol. The topological polar surface area (TPSA) is 69.2 Å². The van der Waals surface area contributed by atoms with Gasteiger partial charge < -0.3 is 14.2 Å². The van der Waals surface area contributed by atoms with Crippen LogP contribution in [0.2, 0.25) is 0 Å². The van der Waals surface area contributed by atoms with Crippen molar-refractivity contribution in [2.24, 2.45) is 5.10 Å². The minimum atomic E-state index is -0.203. The number of halogens is 1. The van der Waals surface area contributed by atoms with E-state index >= 15 is 0 Å². The summed E-state index contributed by atoms with van der Waals surface area (Å²) in [4.78, 5) is 12.1. The van der Waals surface area contributed by atoms with E-state index in [0.29, 0.717) is 24.7 Å². The van der Waals surface area contributed by atoms with Gasteiger partial charge in [-0.2, -0.15) is 5.10 Å². The first-order chi connectivity index (χ1) is 15.6. The Morgan fingerprint density at radius 2 is 1.69 bits per heavy atom. The van der Waals surface area contributed by atoms with Crippen LogP contribution in [0.1, 0.15) is 23.6 Å². The number of nitrogens with zero attached hydrogens (tertiary/aromatic N) is 1. The summed E-state index contributed by atoms with van der Waals surface area (Å²) >= 11 is 3.43. The van der Waals surface area contributed by atoms with Gasteiger partial charge in [0.2, 0.25) is 5.91 Å². The van der Waals surface area contributed by atoms with Crippen molar-refractivity contribution in [1.82, 2.24) is 5.43 Å². The van der Waals surface area contributed by atoms with Crippen LogP contribution in [0.25, 0.3) is 0 Å². The number of amides is 1. The van der Waals surface area contributed by atoms with Gasteiger partial charge in [-0.1, -0.05) is 40.2 Å². The van der Waals surface area contributed by atoms with Crippen LogP contribution in [0.4, 0.5) is 0 Å². The number of benzene rings is 3. The maximum atomic E-state index is 12.1. The highest BCUT2D eigenvalue weighted by Gasteiger charge is 2.07. The van der Waals surface area contributed by atoms with Gasteiger partial charge in [-0.3, -0.25) is 4.79 Å². The highest BCUT2D eigenvalue weighted by Crippen LogP contribution is 2.29. The maximum Gasteiger partial charge on any atom is 0.244 e. The first-order valence-corrected chi connectivity index (χ1v) is 11.0. The second kappa shape index (κ2) is 11.9. The van der Waals surface area contributed by atoms with Gasteiger partial charge in [-0.15, -0.1) is 0 Å². The molecular weight excluding hydrogens is 472 g/mol. The van der Waals surface area contributed by atoms with Crippen molar-refractivity contribution in [3.05, 3.63) is 87.9 Å². The molecule has 0 spiro atoms. The molecule has 0 radical (unpaired) electrons. The summed E-state index contributed by atoms with van der Waals surface area (Å²) in [6.07, 6.45) is 1.81. The number of rotatable bonds is 10. The van der Waals surface area contributed by atoms with Crippen molar-refractivity contribution < 1.29 is 19.0 Å². The minimum absolute atomic E-state index is 0.203. The molecule has 1 N–H and O–H groups in total. The smallest absolute Gasteiger partial charge is 0.244 e. The van der Waals surface area contributed by atoms with E-state index in [1.54, 1.807) is 13.3 Å². The molecule has 0 heterocycles. The van der Waals surface area contributed by atoms with Crippen molar-refractivity contribution in [3.8, 4) is 17.2 Å². The maximum absolute atomic E-state index is 12.1. The van der Waals surface area contributed by atoms with Crippen LogP contribution < -0.4 is 19.6 Å². The predicted octanol–water partition coefficient (Wildman–Crippen LogP) is 5.13. The van der Waals surface area contributed by atoms with Gasteiger partial charge in [0.25, 0.3) is 0 Å². The molecule has 7 heteroatoms. The van der Waals surface area contributed by atoms with Crippen molar-refractivity contribution in [2.45, 2.75) is 20.0 Å². The lowest BCUT2D eigenvalue weighted by atomic mass is 10.1. The molecule has 0 saturated heterocycles. The molecule has 0 aromatic heterocycles. The highest BCUT2D eigenvalue weighted by molar-refractivity contribution is 9.10. The Morgan fingerprint density at radius 1 is 0.969 bits per heavy atom. The molecule has 0 fully saturated rings. The number of carbonyl (C=O) groups excluding carboxylic acids is 1. The van der Waals surface area contributed by atoms with Crippen LogP contribution in [0.5, 0.6) is 17.2 Å². The first-order valence-electron chi connectivity index (χ1n) is 10.2. The van der Waals surface area contributed by atoms with Crippen molar-refractivity contribution in [1.29, 1.82) is 0 Å². The summed E-state index contributed by atoms with van der Waals surface area (Å²) in [5.74, 6) is 1.82. The quantitative estimate of drug-likeness (QED) is 0.312. The lowest BCUT2D eigenvalue weighted by Crippen LogP contribution is -2.19. The van der Waals surface area contributed by atoms with Crippen LogP contribution in [0, 0.1) is 0 Å². The number of methoxy groups -OCH3 is 1. The van der Waals surface area contributed by atoms with Crippen LogP contribution in [-0.4, -0.2) is 25.8 Å². The van der Waals surface area contributed by atoms with Crippen LogP contribution in [-0.2, 0) is 17.8 Å². The zero-order chi connectivity index (χ0) is 22.8. The Morgan fingerprint density at radius 3 is 2.38 bits per heavy atom. The monoisotopic (exact) mass is 496 g/mol. The molecular formula is C25H25BrN2O4. The summed E-state index contributed by atoms with van der Waals surface area (Å²) in [6, 6.07) is 20.8. The SMILES string of the molecule is CCOc1cc(/C=N\NC(=O)Cc2ccc(OC)cc2)ccc1OCc1ccc(Br)cc1. The van der Waals surface area contributed by atoms with Gasteiger partial charge >= 0.3 is 0 Å². The third-order valence-electron chi connectivity index (χ3n) is 4.50. The molecule has 166 valence electrons. The Hall–Kier alpha value is -3.32. The van der Waals surface area contributed by atoms with E-state index in [1.807, 2.05) is 73.7 Å². The molecule has 0 aliphatic heterocycles. The van der Waals surface area contributed by atoms with Gasteiger partial charge in [0.1, 0.15) is 12.4 Å². The fourth-order valence-electron chi connectivity index (χ4n) is 2.88. The zero-order valence-corrected chi connectivity index (χ0v) is 19.6. The van der Waals surface area contributed by atoms with E-state index in [9.17, 15) is 4.79 Å². The third-order valence-corrected chi connectivity index (χ3v) is 5.03. The molecule has 0 bridgehead atoms. The van der Waals surface area contributed by atoms with E-state index in [4.69, 9.17) is 14.2 Å². The molecule has 3 rings (SSSR count). The summed E-state index contributed by atoms with van der Waals surface area (Å²) in [7, 11) is 1.61. The molecule has 0 saturated carbocycles. The Kier molecular flexibility index (Phi) is 8.69. The highest BCUT2D eigenvalue weighted by atomic mass is 79.9. The third kappa shape index (κ3) is 7.13. The second-order valence-corrected chi connectivity index (χ2v) is 7.79. The van der Waals surface area contributed by atoms with Gasteiger partial charge in [-0.05, 0) is 66.1 Å². The van der Waals surface area contributed by atoms with Gasteiger partial charge in [0.15, 0.2) is 11.5 Å². The van der Waals surface area contributed by atoms with Gasteiger partial charge in [-0.25, -0.2) is 5.43 Å². The molecule has 1 amide bonds. The molecule has 6 nitrogen and oxygen atoms in total. The van der Waals surface area contributed by atoms with Gasteiger partial charge in [0, 0.05) is 4.47 Å². The van der Waals surface area contributed by atoms with Crippen molar-refractivity contribution >= 4 is 28.1 Å². The summed E-state index contributed by atoms with van der Waals surface area (Å²) < 4.78 is 17.8. The van der Waals surface area contributed by atoms with Crippen LogP contribution >= 0.6 is 15.9 Å². The van der Waals surface area contributed by atoms with E-state index in [0.717, 1.165) is 26.9 Å². The second-order valence-electron chi connectivity index (χ2n) is 6.87. The lowest BCUT2D eigenvalue weighted by molar-refractivity contribution is -0.120. The largest absolute Gasteiger partial charge is 0.497 e. The van der Waals surface area contributed by atoms with Crippen LogP contribution in [0.15, 0.2) is 76.3 Å². The molecule has 3 aromatic carbocycles. The van der Waals surface area contributed by atoms with Crippen LogP contribution in [0.3, 0.4) is 0 Å². The molecule has 32 heavy (non-hydrogen) atoms. The fraction of sp³-hybridized carbons (Fsp3) is 0.200. The molecule has 0 aliphatic carbocycles. The number of ether oxygens (including phenoxy) is 3. The van der Waals surface area contributed by atoms with Crippen molar-refractivity contribution in [3.63, 3.8) is 0 Å². The minimum Gasteiger partial charge on any atom is -0.497 e. The first kappa shape index (κ1) is 23.3. The average Bonchev–Trinajstić information content (AvgIpc) is 2.80. The van der Waals surface area contributed by atoms with E-state index < -0.39 is 0 Å². The Balaban J connectivity index is 1.57. The number of carbonyl (C=O) groups is 1. The predicted molar refractivity (Wildman–Crippen MR) is 129 cm³/mol. The Labute approximate surface area is 196 Å². The van der Waals surface area contributed by atoms with E-state index in [-0.39, 0.29) is 12.3 Å². The normalized spacial score (nSPS) is 10.7. The number of nitrogens with one attached hydrogen (secondary N) is 1. The molecule has 0 aliphatic rings. The summed E-state index contributed by atoms with van der Waals surface area (Å²) in [5, 5.41) is 4.05. The van der Waals surface area contributed by atoms with E-state index in [1.165, 1.54) is 0 Å². The van der Waals surface area contributed by atoms with Crippen molar-refractivity contribution in [2.75, 3.05) is 13.7 Å². The fourth-order valence-corrected chi connectivity index (χ4v) is 3.15. The lowest BCUT2D eigenvalue weighted by Gasteiger charge is -2.12. The number of hydrogen-bond donors (Lipinski definition) is 1.